The highest BCUT2D eigenvalue weighted by molar-refractivity contribution is 7.92. The molecule has 2 aliphatic rings. The Bertz CT molecular complexity index is 1280. The summed E-state index contributed by atoms with van der Waals surface area (Å²) in [5, 5.41) is 3.96. The molecule has 2 fully saturated rings. The highest BCUT2D eigenvalue weighted by Gasteiger charge is 2.33. The van der Waals surface area contributed by atoms with Gasteiger partial charge in [0.25, 0.3) is 0 Å². The van der Waals surface area contributed by atoms with E-state index in [9.17, 15) is 31.2 Å². The molecular formula is C23H30F3N7O4S. The minimum absolute atomic E-state index is 0.0402. The van der Waals surface area contributed by atoms with Gasteiger partial charge in [0.1, 0.15) is 0 Å². The minimum atomic E-state index is -4.47. The fourth-order valence-corrected chi connectivity index (χ4v) is 5.08. The molecule has 1 aromatic carbocycles. The van der Waals surface area contributed by atoms with E-state index in [4.69, 9.17) is 0 Å². The van der Waals surface area contributed by atoms with E-state index in [0.29, 0.717) is 64.6 Å². The molecule has 4 rings (SSSR count). The maximum atomic E-state index is 13.5. The molecule has 11 nitrogen and oxygen atoms in total. The van der Waals surface area contributed by atoms with Crippen LogP contribution in [0.2, 0.25) is 0 Å². The van der Waals surface area contributed by atoms with E-state index in [-0.39, 0.29) is 11.7 Å². The monoisotopic (exact) mass is 557 g/mol. The Morgan fingerprint density at radius 2 is 1.61 bits per heavy atom. The van der Waals surface area contributed by atoms with E-state index in [2.05, 4.69) is 14.7 Å². The zero-order valence-corrected chi connectivity index (χ0v) is 21.9. The molecule has 0 unspecified atom stereocenters. The van der Waals surface area contributed by atoms with Gasteiger partial charge in [-0.2, -0.15) is 17.9 Å². The van der Waals surface area contributed by atoms with Crippen LogP contribution in [0.4, 0.5) is 29.5 Å². The molecule has 0 saturated carbocycles. The number of nitrogens with zero attached hydrogens (tertiary/aromatic N) is 6. The van der Waals surface area contributed by atoms with Crippen LogP contribution in [0.5, 0.6) is 0 Å². The third-order valence-electron chi connectivity index (χ3n) is 6.59. The first kappa shape index (κ1) is 27.7. The lowest BCUT2D eigenvalue weighted by Crippen LogP contribution is -2.50. The number of benzene rings is 1. The fourth-order valence-electron chi connectivity index (χ4n) is 4.59. The van der Waals surface area contributed by atoms with Crippen molar-refractivity contribution in [2.24, 2.45) is 0 Å². The third kappa shape index (κ3) is 6.75. The summed E-state index contributed by atoms with van der Waals surface area (Å²) in [4.78, 5) is 31.7. The standard InChI is InChI=1S/C23H30F3N7O4S/c1-17(34)30-11-13-31(14-12-30)20-15-19(23(24,25)26)4-3-18(20)16-29-7-9-32(10-8-29)22(35)33-6-5-21(27-33)28-38(2,36)37/h3-6,15H,7-14,16H2,1-2H3,(H,27,28). The van der Waals surface area contributed by atoms with Gasteiger partial charge in [0, 0.05) is 83.8 Å². The molecule has 2 amide bonds. The fraction of sp³-hybridized carbons (Fsp3) is 0.522. The molecule has 0 radical (unpaired) electrons. The van der Waals surface area contributed by atoms with Gasteiger partial charge in [0.15, 0.2) is 5.82 Å². The largest absolute Gasteiger partial charge is 0.416 e. The number of amides is 2. The number of sulfonamides is 1. The molecule has 0 atom stereocenters. The molecule has 2 aromatic rings. The Hall–Kier alpha value is -3.33. The summed E-state index contributed by atoms with van der Waals surface area (Å²) in [6.45, 7) is 5.41. The average molecular weight is 558 g/mol. The van der Waals surface area contributed by atoms with Gasteiger partial charge >= 0.3 is 12.2 Å². The summed E-state index contributed by atoms with van der Waals surface area (Å²) in [6, 6.07) is 4.76. The number of hydrogen-bond donors (Lipinski definition) is 1. The van der Waals surface area contributed by atoms with Gasteiger partial charge in [-0.15, -0.1) is 5.10 Å². The third-order valence-corrected chi connectivity index (χ3v) is 7.17. The molecular weight excluding hydrogens is 527 g/mol. The van der Waals surface area contributed by atoms with Gasteiger partial charge in [-0.05, 0) is 17.7 Å². The van der Waals surface area contributed by atoms with Crippen LogP contribution in [0.3, 0.4) is 0 Å². The zero-order chi connectivity index (χ0) is 27.7. The lowest BCUT2D eigenvalue weighted by molar-refractivity contribution is -0.137. The van der Waals surface area contributed by atoms with Gasteiger partial charge in [-0.1, -0.05) is 6.07 Å². The normalized spacial score (nSPS) is 17.6. The molecule has 0 bridgehead atoms. The first-order valence-electron chi connectivity index (χ1n) is 12.1. The molecule has 1 N–H and O–H groups in total. The molecule has 3 heterocycles. The van der Waals surface area contributed by atoms with Gasteiger partial charge in [-0.3, -0.25) is 14.4 Å². The van der Waals surface area contributed by atoms with E-state index in [1.807, 2.05) is 4.90 Å². The second-order valence-corrected chi connectivity index (χ2v) is 11.1. The van der Waals surface area contributed by atoms with E-state index >= 15 is 0 Å². The number of carbonyl (C=O) groups is 2. The molecule has 0 aliphatic carbocycles. The van der Waals surface area contributed by atoms with Crippen LogP contribution in [0.25, 0.3) is 0 Å². The van der Waals surface area contributed by atoms with Crippen molar-refractivity contribution < 1.29 is 31.2 Å². The summed E-state index contributed by atoms with van der Waals surface area (Å²) in [5.41, 5.74) is 0.534. The van der Waals surface area contributed by atoms with Gasteiger partial charge in [-0.25, -0.2) is 13.2 Å². The predicted octanol–water partition coefficient (Wildman–Crippen LogP) is 1.73. The van der Waals surface area contributed by atoms with Crippen molar-refractivity contribution in [3.8, 4) is 0 Å². The van der Waals surface area contributed by atoms with Crippen LogP contribution >= 0.6 is 0 Å². The first-order chi connectivity index (χ1) is 17.8. The molecule has 208 valence electrons. The summed E-state index contributed by atoms with van der Waals surface area (Å²) >= 11 is 0. The zero-order valence-electron chi connectivity index (χ0n) is 21.1. The molecule has 0 spiro atoms. The van der Waals surface area contributed by atoms with Crippen molar-refractivity contribution in [1.29, 1.82) is 0 Å². The van der Waals surface area contributed by atoms with Crippen LogP contribution in [-0.2, 0) is 27.5 Å². The number of hydrogen-bond acceptors (Lipinski definition) is 7. The molecule has 1 aromatic heterocycles. The van der Waals surface area contributed by atoms with E-state index < -0.39 is 27.8 Å². The topological polar surface area (TPSA) is 111 Å². The van der Waals surface area contributed by atoms with Crippen molar-refractivity contribution in [2.45, 2.75) is 19.6 Å². The minimum Gasteiger partial charge on any atom is -0.368 e. The maximum absolute atomic E-state index is 13.5. The maximum Gasteiger partial charge on any atom is 0.416 e. The second kappa shape index (κ2) is 10.8. The van der Waals surface area contributed by atoms with Crippen molar-refractivity contribution in [1.82, 2.24) is 24.5 Å². The Morgan fingerprint density at radius 3 is 2.18 bits per heavy atom. The smallest absolute Gasteiger partial charge is 0.368 e. The number of rotatable bonds is 5. The number of anilines is 2. The molecule has 15 heteroatoms. The van der Waals surface area contributed by atoms with Crippen molar-refractivity contribution >= 4 is 33.5 Å². The van der Waals surface area contributed by atoms with Crippen molar-refractivity contribution in [3.63, 3.8) is 0 Å². The first-order valence-corrected chi connectivity index (χ1v) is 13.9. The second-order valence-electron chi connectivity index (χ2n) is 9.40. The Morgan fingerprint density at radius 1 is 0.974 bits per heavy atom. The molecule has 38 heavy (non-hydrogen) atoms. The lowest BCUT2D eigenvalue weighted by Gasteiger charge is -2.38. The summed E-state index contributed by atoms with van der Waals surface area (Å²) in [7, 11) is -3.52. The van der Waals surface area contributed by atoms with Gasteiger partial charge < -0.3 is 14.7 Å². The number of halogens is 3. The van der Waals surface area contributed by atoms with E-state index in [0.717, 1.165) is 22.6 Å². The Balaban J connectivity index is 1.42. The summed E-state index contributed by atoms with van der Waals surface area (Å²) < 4.78 is 66.4. The average Bonchev–Trinajstić information content (AvgIpc) is 3.30. The number of nitrogens with one attached hydrogen (secondary N) is 1. The Labute approximate surface area is 218 Å². The SMILES string of the molecule is CC(=O)N1CCN(c2cc(C(F)(F)F)ccc2CN2CCN(C(=O)n3ccc(NS(C)(=O)=O)n3)CC2)CC1. The molecule has 2 saturated heterocycles. The van der Waals surface area contributed by atoms with E-state index in [1.54, 1.807) is 9.80 Å². The van der Waals surface area contributed by atoms with Crippen LogP contribution in [0.1, 0.15) is 18.1 Å². The summed E-state index contributed by atoms with van der Waals surface area (Å²) in [5.74, 6) is -0.0159. The molecule has 2 aliphatic heterocycles. The van der Waals surface area contributed by atoms with Crippen LogP contribution in [-0.4, -0.2) is 103 Å². The van der Waals surface area contributed by atoms with Crippen LogP contribution in [0.15, 0.2) is 30.5 Å². The van der Waals surface area contributed by atoms with Crippen molar-refractivity contribution in [2.75, 3.05) is 68.2 Å². The lowest BCUT2D eigenvalue weighted by atomic mass is 10.1. The number of aromatic nitrogens is 2. The predicted molar refractivity (Wildman–Crippen MR) is 134 cm³/mol. The van der Waals surface area contributed by atoms with E-state index in [1.165, 1.54) is 31.3 Å². The quantitative estimate of drug-likeness (QED) is 0.596. The Kier molecular flexibility index (Phi) is 7.88. The summed E-state index contributed by atoms with van der Waals surface area (Å²) in [6.07, 6.45) is -2.10. The number of carbonyl (C=O) groups excluding carboxylic acids is 2. The number of alkyl halides is 3. The van der Waals surface area contributed by atoms with Crippen LogP contribution in [0, 0.1) is 0 Å². The van der Waals surface area contributed by atoms with Crippen LogP contribution < -0.4 is 9.62 Å². The van der Waals surface area contributed by atoms with Gasteiger partial charge in [0.2, 0.25) is 15.9 Å². The highest BCUT2D eigenvalue weighted by Crippen LogP contribution is 2.34. The number of piperazine rings is 2. The van der Waals surface area contributed by atoms with Crippen molar-refractivity contribution in [3.05, 3.63) is 41.6 Å². The van der Waals surface area contributed by atoms with Gasteiger partial charge in [0.05, 0.1) is 11.8 Å². The highest BCUT2D eigenvalue weighted by atomic mass is 32.2.